The molecule has 1 amide bonds. The highest BCUT2D eigenvalue weighted by Gasteiger charge is 2.42. The predicted octanol–water partition coefficient (Wildman–Crippen LogP) is 5.63. The summed E-state index contributed by atoms with van der Waals surface area (Å²) in [6.07, 6.45) is 1.82. The number of carbonyl (C=O) groups is 1. The molecule has 4 aromatic rings. The second kappa shape index (κ2) is 11.7. The summed E-state index contributed by atoms with van der Waals surface area (Å²) in [6, 6.07) is 22.5. The van der Waals surface area contributed by atoms with Crippen LogP contribution < -0.4 is 20.4 Å². The number of pyridine rings is 1. The van der Waals surface area contributed by atoms with Crippen LogP contribution in [0.1, 0.15) is 40.3 Å². The van der Waals surface area contributed by atoms with E-state index in [-0.39, 0.29) is 24.6 Å². The number of anilines is 3. The smallest absolute Gasteiger partial charge is 0.250 e. The fourth-order valence-corrected chi connectivity index (χ4v) is 5.93. The summed E-state index contributed by atoms with van der Waals surface area (Å²) in [5, 5.41) is 7.11. The third-order valence-corrected chi connectivity index (χ3v) is 7.86. The van der Waals surface area contributed by atoms with Gasteiger partial charge in [0.15, 0.2) is 5.11 Å². The molecule has 2 atom stereocenters. The Hall–Kier alpha value is -4.21. The van der Waals surface area contributed by atoms with Crippen molar-refractivity contribution in [2.45, 2.75) is 32.9 Å². The van der Waals surface area contributed by atoms with Crippen molar-refractivity contribution in [3.63, 3.8) is 0 Å². The molecule has 0 radical (unpaired) electrons. The summed E-state index contributed by atoms with van der Waals surface area (Å²) in [7, 11) is 5.59. The van der Waals surface area contributed by atoms with Crippen LogP contribution in [0.3, 0.4) is 0 Å². The third kappa shape index (κ3) is 5.55. The minimum absolute atomic E-state index is 0.00262. The van der Waals surface area contributed by atoms with Crippen molar-refractivity contribution < 1.29 is 9.53 Å². The topological polar surface area (TPSA) is 74.7 Å². The van der Waals surface area contributed by atoms with Gasteiger partial charge in [-0.15, -0.1) is 0 Å². The molecule has 1 aliphatic heterocycles. The normalized spacial score (nSPS) is 16.5. The van der Waals surface area contributed by atoms with Crippen LogP contribution in [0.15, 0.2) is 72.9 Å². The second-order valence-corrected chi connectivity index (χ2v) is 10.9. The lowest BCUT2D eigenvalue weighted by Gasteiger charge is -2.29. The maximum absolute atomic E-state index is 12.1. The molecular weight excluding hydrogens is 532 g/mol. The van der Waals surface area contributed by atoms with E-state index in [1.807, 2.05) is 57.5 Å². The predicted molar refractivity (Wildman–Crippen MR) is 169 cm³/mol. The number of nitrogens with one attached hydrogen (secondary N) is 2. The Labute approximate surface area is 247 Å². The van der Waals surface area contributed by atoms with Crippen molar-refractivity contribution in [1.29, 1.82) is 0 Å². The molecule has 9 heteroatoms. The molecule has 3 heterocycles. The lowest BCUT2D eigenvalue weighted by molar-refractivity contribution is -0.119. The SMILES string of the molecule is COCC(=O)Nc1ccc(N2C(=S)N[C@@H](c3ccccn3)[C@H]2c2cc(C)n(-c3ccc(N(C)C)cc3)c2C)cc1C. The van der Waals surface area contributed by atoms with Gasteiger partial charge in [0.05, 0.1) is 17.8 Å². The molecule has 8 nitrogen and oxygen atoms in total. The van der Waals surface area contributed by atoms with Gasteiger partial charge in [-0.1, -0.05) is 6.07 Å². The molecule has 212 valence electrons. The van der Waals surface area contributed by atoms with Crippen LogP contribution in [0.25, 0.3) is 5.69 Å². The van der Waals surface area contributed by atoms with Gasteiger partial charge < -0.3 is 29.7 Å². The minimum atomic E-state index is -0.194. The molecule has 1 aliphatic rings. The number of ether oxygens (including phenoxy) is 1. The molecule has 0 unspecified atom stereocenters. The summed E-state index contributed by atoms with van der Waals surface area (Å²) in [4.78, 5) is 21.1. The fraction of sp³-hybridized carbons (Fsp3) is 0.281. The number of rotatable bonds is 8. The van der Waals surface area contributed by atoms with E-state index in [1.165, 1.54) is 7.11 Å². The Morgan fingerprint density at radius 3 is 2.41 bits per heavy atom. The summed E-state index contributed by atoms with van der Waals surface area (Å²) < 4.78 is 7.26. The largest absolute Gasteiger partial charge is 0.378 e. The van der Waals surface area contributed by atoms with Crippen LogP contribution >= 0.6 is 12.2 Å². The number of aromatic nitrogens is 2. The molecule has 5 rings (SSSR count). The van der Waals surface area contributed by atoms with Gasteiger partial charge in [-0.05, 0) is 105 Å². The summed E-state index contributed by atoms with van der Waals surface area (Å²) in [5.41, 5.74) is 9.24. The molecule has 2 aromatic heterocycles. The Bertz CT molecular complexity index is 1570. The van der Waals surface area contributed by atoms with Gasteiger partial charge in [0.1, 0.15) is 6.61 Å². The van der Waals surface area contributed by atoms with Gasteiger partial charge in [0.25, 0.3) is 0 Å². The Morgan fingerprint density at radius 2 is 1.78 bits per heavy atom. The van der Waals surface area contributed by atoms with Gasteiger partial charge in [0.2, 0.25) is 5.91 Å². The molecule has 41 heavy (non-hydrogen) atoms. The Morgan fingerprint density at radius 1 is 1.05 bits per heavy atom. The van der Waals surface area contributed by atoms with Crippen molar-refractivity contribution in [2.75, 3.05) is 42.9 Å². The number of thiocarbonyl (C=S) groups is 1. The number of methoxy groups -OCH3 is 1. The fourth-order valence-electron chi connectivity index (χ4n) is 5.59. The molecular formula is C32H36N6O2S. The molecule has 0 bridgehead atoms. The molecule has 2 N–H and O–H groups in total. The zero-order chi connectivity index (χ0) is 29.3. The zero-order valence-corrected chi connectivity index (χ0v) is 25.1. The Kier molecular flexibility index (Phi) is 8.10. The highest BCUT2D eigenvalue weighted by atomic mass is 32.1. The third-order valence-electron chi connectivity index (χ3n) is 7.55. The van der Waals surface area contributed by atoms with E-state index in [1.54, 1.807) is 0 Å². The van der Waals surface area contributed by atoms with Crippen LogP contribution in [-0.4, -0.2) is 48.4 Å². The standard InChI is InChI=1S/C32H36N6O2S/c1-20-17-25(14-15-27(20)34-29(39)19-40-6)38-31(30(35-32(38)41)28-9-7-8-16-33-28)26-18-21(2)37(22(26)3)24-12-10-23(11-13-24)36(4)5/h7-18,30-31H,19H2,1-6H3,(H,34,39)(H,35,41)/t30-,31+/m0/s1. The van der Waals surface area contributed by atoms with Gasteiger partial charge in [0, 0.05) is 61.5 Å². The maximum Gasteiger partial charge on any atom is 0.250 e. The molecule has 1 fully saturated rings. The van der Waals surface area contributed by atoms with Gasteiger partial charge >= 0.3 is 0 Å². The van der Waals surface area contributed by atoms with E-state index in [2.05, 4.69) is 75.2 Å². The second-order valence-electron chi connectivity index (χ2n) is 10.5. The monoisotopic (exact) mass is 568 g/mol. The highest BCUT2D eigenvalue weighted by molar-refractivity contribution is 7.80. The van der Waals surface area contributed by atoms with Crippen LogP contribution in [0.4, 0.5) is 17.1 Å². The van der Waals surface area contributed by atoms with E-state index in [0.717, 1.165) is 51.0 Å². The number of hydrogen-bond donors (Lipinski definition) is 2. The van der Waals surface area contributed by atoms with Crippen LogP contribution in [0.2, 0.25) is 0 Å². The zero-order valence-electron chi connectivity index (χ0n) is 24.3. The number of aryl methyl sites for hydroxylation is 2. The van der Waals surface area contributed by atoms with Gasteiger partial charge in [-0.25, -0.2) is 0 Å². The van der Waals surface area contributed by atoms with Crippen molar-refractivity contribution in [2.24, 2.45) is 0 Å². The average Bonchev–Trinajstić information content (AvgIpc) is 3.45. The lowest BCUT2D eigenvalue weighted by atomic mass is 9.96. The number of nitrogens with zero attached hydrogens (tertiary/aromatic N) is 4. The first-order valence-electron chi connectivity index (χ1n) is 13.6. The molecule has 0 spiro atoms. The van der Waals surface area contributed by atoms with Crippen molar-refractivity contribution >= 4 is 40.3 Å². The van der Waals surface area contributed by atoms with E-state index >= 15 is 0 Å². The van der Waals surface area contributed by atoms with Crippen molar-refractivity contribution in [3.8, 4) is 5.69 Å². The summed E-state index contributed by atoms with van der Waals surface area (Å²) in [5.74, 6) is -0.194. The van der Waals surface area contributed by atoms with Crippen molar-refractivity contribution in [1.82, 2.24) is 14.9 Å². The summed E-state index contributed by atoms with van der Waals surface area (Å²) >= 11 is 5.96. The number of carbonyl (C=O) groups excluding carboxylic acids is 1. The van der Waals surface area contributed by atoms with Crippen LogP contribution in [0, 0.1) is 20.8 Å². The highest BCUT2D eigenvalue weighted by Crippen LogP contribution is 2.44. The molecule has 0 aliphatic carbocycles. The van der Waals surface area contributed by atoms with E-state index in [0.29, 0.717) is 5.11 Å². The number of hydrogen-bond acceptors (Lipinski definition) is 5. The molecule has 1 saturated heterocycles. The summed E-state index contributed by atoms with van der Waals surface area (Å²) in [6.45, 7) is 6.28. The van der Waals surface area contributed by atoms with Crippen LogP contribution in [0.5, 0.6) is 0 Å². The minimum Gasteiger partial charge on any atom is -0.378 e. The van der Waals surface area contributed by atoms with E-state index in [4.69, 9.17) is 21.9 Å². The van der Waals surface area contributed by atoms with Gasteiger partial charge in [-0.3, -0.25) is 9.78 Å². The van der Waals surface area contributed by atoms with Gasteiger partial charge in [-0.2, -0.15) is 0 Å². The first-order chi connectivity index (χ1) is 19.7. The first kappa shape index (κ1) is 28.3. The van der Waals surface area contributed by atoms with Crippen LogP contribution in [-0.2, 0) is 9.53 Å². The average molecular weight is 569 g/mol. The first-order valence-corrected chi connectivity index (χ1v) is 14.0. The van der Waals surface area contributed by atoms with E-state index in [9.17, 15) is 4.79 Å². The number of benzene rings is 2. The lowest BCUT2D eigenvalue weighted by Crippen LogP contribution is -2.29. The molecule has 2 aromatic carbocycles. The maximum atomic E-state index is 12.1. The quantitative estimate of drug-likeness (QED) is 0.267. The Balaban J connectivity index is 1.59. The van der Waals surface area contributed by atoms with E-state index < -0.39 is 0 Å². The molecule has 0 saturated carbocycles. The number of amides is 1. The van der Waals surface area contributed by atoms with Crippen molar-refractivity contribution in [3.05, 3.63) is 101 Å².